The van der Waals surface area contributed by atoms with Crippen molar-refractivity contribution in [3.05, 3.63) is 28.8 Å². The molecule has 1 amide bonds. The molecule has 1 aromatic carbocycles. The van der Waals surface area contributed by atoms with Crippen LogP contribution in [0.5, 0.6) is 0 Å². The van der Waals surface area contributed by atoms with Crippen molar-refractivity contribution in [1.29, 1.82) is 0 Å². The van der Waals surface area contributed by atoms with Crippen molar-refractivity contribution in [2.75, 3.05) is 32.8 Å². The predicted molar refractivity (Wildman–Crippen MR) is 90.8 cm³/mol. The number of hydrogen-bond donors (Lipinski definition) is 0. The third kappa shape index (κ3) is 4.23. The summed E-state index contributed by atoms with van der Waals surface area (Å²) in [4.78, 5) is 13.4. The van der Waals surface area contributed by atoms with Crippen LogP contribution < -0.4 is 0 Å². The minimum atomic E-state index is -4.75. The van der Waals surface area contributed by atoms with Crippen molar-refractivity contribution in [3.8, 4) is 0 Å². The molecule has 6 nitrogen and oxygen atoms in total. The summed E-state index contributed by atoms with van der Waals surface area (Å²) in [6, 6.07) is 2.52. The van der Waals surface area contributed by atoms with Crippen molar-refractivity contribution < 1.29 is 31.1 Å². The van der Waals surface area contributed by atoms with Crippen LogP contribution >= 0.6 is 11.6 Å². The van der Waals surface area contributed by atoms with E-state index in [9.17, 15) is 26.4 Å². The first-order chi connectivity index (χ1) is 12.6. The number of ether oxygens (including phenoxy) is 1. The molecule has 1 atom stereocenters. The number of halogens is 4. The largest absolute Gasteiger partial charge is 0.417 e. The molecule has 2 heterocycles. The summed E-state index contributed by atoms with van der Waals surface area (Å²) in [7, 11) is -4.12. The molecule has 150 valence electrons. The van der Waals surface area contributed by atoms with Gasteiger partial charge >= 0.3 is 6.18 Å². The molecular weight excluding hydrogens is 409 g/mol. The van der Waals surface area contributed by atoms with Crippen molar-refractivity contribution in [2.24, 2.45) is 0 Å². The molecule has 0 spiro atoms. The molecule has 1 aromatic rings. The number of benzene rings is 1. The lowest BCUT2D eigenvalue weighted by Gasteiger charge is -2.35. The minimum absolute atomic E-state index is 0.00473. The topological polar surface area (TPSA) is 66.9 Å². The van der Waals surface area contributed by atoms with E-state index in [1.165, 1.54) is 4.90 Å². The van der Waals surface area contributed by atoms with Gasteiger partial charge < -0.3 is 9.64 Å². The zero-order valence-corrected chi connectivity index (χ0v) is 15.8. The Bertz CT molecular complexity index is 817. The molecule has 0 aliphatic carbocycles. The van der Waals surface area contributed by atoms with Crippen LogP contribution in [0.1, 0.15) is 18.4 Å². The molecule has 0 radical (unpaired) electrons. The predicted octanol–water partition coefficient (Wildman–Crippen LogP) is 2.37. The summed E-state index contributed by atoms with van der Waals surface area (Å²) in [5, 5.41) is -0.562. The van der Waals surface area contributed by atoms with Gasteiger partial charge in [-0.15, -0.1) is 0 Å². The fourth-order valence-corrected chi connectivity index (χ4v) is 4.83. The third-order valence-corrected chi connectivity index (χ3v) is 6.86. The van der Waals surface area contributed by atoms with Gasteiger partial charge in [0.05, 0.1) is 15.5 Å². The zero-order chi connectivity index (χ0) is 19.8. The molecule has 3 rings (SSSR count). The van der Waals surface area contributed by atoms with Crippen molar-refractivity contribution in [3.63, 3.8) is 0 Å². The number of carbonyl (C=O) groups is 1. The quantitative estimate of drug-likeness (QED) is 0.744. The Morgan fingerprint density at radius 1 is 1.19 bits per heavy atom. The molecule has 2 aliphatic rings. The fourth-order valence-electron chi connectivity index (χ4n) is 3.16. The summed E-state index contributed by atoms with van der Waals surface area (Å²) in [5.41, 5.74) is -1.20. The normalized spacial score (nSPS) is 22.2. The second kappa shape index (κ2) is 7.57. The molecule has 0 unspecified atom stereocenters. The lowest BCUT2D eigenvalue weighted by Crippen LogP contribution is -2.52. The number of alkyl halides is 3. The summed E-state index contributed by atoms with van der Waals surface area (Å²) in [6.45, 7) is 0.869. The first kappa shape index (κ1) is 20.4. The number of piperazine rings is 1. The van der Waals surface area contributed by atoms with Gasteiger partial charge in [-0.2, -0.15) is 17.5 Å². The maximum atomic E-state index is 13.0. The molecule has 0 saturated carbocycles. The Morgan fingerprint density at radius 3 is 2.41 bits per heavy atom. The molecule has 11 heteroatoms. The van der Waals surface area contributed by atoms with Crippen LogP contribution in [0.4, 0.5) is 13.2 Å². The van der Waals surface area contributed by atoms with Crippen molar-refractivity contribution in [2.45, 2.75) is 30.0 Å². The Hall–Kier alpha value is -1.36. The van der Waals surface area contributed by atoms with E-state index in [4.69, 9.17) is 16.3 Å². The lowest BCUT2D eigenvalue weighted by atomic mass is 10.2. The van der Waals surface area contributed by atoms with E-state index in [2.05, 4.69) is 0 Å². The van der Waals surface area contributed by atoms with E-state index in [0.29, 0.717) is 19.1 Å². The van der Waals surface area contributed by atoms with Crippen molar-refractivity contribution >= 4 is 27.5 Å². The molecule has 2 saturated heterocycles. The van der Waals surface area contributed by atoms with E-state index in [1.807, 2.05) is 0 Å². The number of nitrogens with zero attached hydrogens (tertiary/aromatic N) is 2. The lowest BCUT2D eigenvalue weighted by molar-refractivity contribution is -0.142. The standard InChI is InChI=1S/C16H18ClF3N2O4S/c17-13-4-3-11(10-12(13)16(18,19)20)27(24,25)22-7-5-21(6-8-22)15(23)14-2-1-9-26-14/h3-4,10,14H,1-2,5-9H2/t14-/m1/s1. The highest BCUT2D eigenvalue weighted by molar-refractivity contribution is 7.89. The zero-order valence-electron chi connectivity index (χ0n) is 14.2. The number of rotatable bonds is 3. The van der Waals surface area contributed by atoms with E-state index < -0.39 is 37.8 Å². The Kier molecular flexibility index (Phi) is 5.72. The number of carbonyl (C=O) groups excluding carboxylic acids is 1. The minimum Gasteiger partial charge on any atom is -0.368 e. The van der Waals surface area contributed by atoms with E-state index in [0.717, 1.165) is 22.9 Å². The smallest absolute Gasteiger partial charge is 0.368 e. The summed E-state index contributed by atoms with van der Waals surface area (Å²) < 4.78 is 70.8. The van der Waals surface area contributed by atoms with E-state index in [-0.39, 0.29) is 32.1 Å². The van der Waals surface area contributed by atoms with Gasteiger partial charge in [0.25, 0.3) is 5.91 Å². The van der Waals surface area contributed by atoms with E-state index in [1.54, 1.807) is 0 Å². The fraction of sp³-hybridized carbons (Fsp3) is 0.562. The molecular formula is C16H18ClF3N2O4S. The molecule has 0 aromatic heterocycles. The van der Waals surface area contributed by atoms with Gasteiger partial charge in [-0.1, -0.05) is 11.6 Å². The third-order valence-electron chi connectivity index (χ3n) is 4.64. The van der Waals surface area contributed by atoms with Gasteiger partial charge in [-0.25, -0.2) is 8.42 Å². The van der Waals surface area contributed by atoms with Gasteiger partial charge in [0, 0.05) is 32.8 Å². The van der Waals surface area contributed by atoms with Gasteiger partial charge in [-0.3, -0.25) is 4.79 Å². The average Bonchev–Trinajstić information content (AvgIpc) is 3.15. The van der Waals surface area contributed by atoms with Crippen LogP contribution in [0.25, 0.3) is 0 Å². The highest BCUT2D eigenvalue weighted by Gasteiger charge is 2.37. The molecule has 2 fully saturated rings. The number of hydrogen-bond acceptors (Lipinski definition) is 4. The first-order valence-electron chi connectivity index (χ1n) is 8.38. The Labute approximate surface area is 159 Å². The Morgan fingerprint density at radius 2 is 1.85 bits per heavy atom. The van der Waals surface area contributed by atoms with Crippen LogP contribution in [-0.4, -0.2) is 62.4 Å². The SMILES string of the molecule is O=C([C@H]1CCCO1)N1CCN(S(=O)(=O)c2ccc(Cl)c(C(F)(F)F)c2)CC1. The summed E-state index contributed by atoms with van der Waals surface area (Å²) in [6.07, 6.45) is -3.79. The summed E-state index contributed by atoms with van der Waals surface area (Å²) in [5.74, 6) is -0.171. The van der Waals surface area contributed by atoms with Gasteiger partial charge in [-0.05, 0) is 31.0 Å². The van der Waals surface area contributed by atoms with Crippen molar-refractivity contribution in [1.82, 2.24) is 9.21 Å². The maximum absolute atomic E-state index is 13.0. The van der Waals surface area contributed by atoms with Crippen LogP contribution in [0.2, 0.25) is 5.02 Å². The van der Waals surface area contributed by atoms with Gasteiger partial charge in [0.15, 0.2) is 0 Å². The maximum Gasteiger partial charge on any atom is 0.417 e. The van der Waals surface area contributed by atoms with Crippen LogP contribution in [0, 0.1) is 0 Å². The molecule has 27 heavy (non-hydrogen) atoms. The highest BCUT2D eigenvalue weighted by atomic mass is 35.5. The highest BCUT2D eigenvalue weighted by Crippen LogP contribution is 2.36. The number of amides is 1. The number of sulfonamides is 1. The van der Waals surface area contributed by atoms with Crippen LogP contribution in [-0.2, 0) is 25.7 Å². The van der Waals surface area contributed by atoms with E-state index >= 15 is 0 Å². The van der Waals surface area contributed by atoms with Crippen LogP contribution in [0.3, 0.4) is 0 Å². The van der Waals surface area contributed by atoms with Crippen LogP contribution in [0.15, 0.2) is 23.1 Å². The molecule has 0 bridgehead atoms. The molecule has 0 N–H and O–H groups in total. The first-order valence-corrected chi connectivity index (χ1v) is 10.2. The second-order valence-corrected chi connectivity index (χ2v) is 8.72. The average molecular weight is 427 g/mol. The van der Waals surface area contributed by atoms with Gasteiger partial charge in [0.2, 0.25) is 10.0 Å². The molecule has 2 aliphatic heterocycles. The summed E-state index contributed by atoms with van der Waals surface area (Å²) >= 11 is 5.55. The van der Waals surface area contributed by atoms with Gasteiger partial charge in [0.1, 0.15) is 6.10 Å². The Balaban J connectivity index is 1.73. The second-order valence-electron chi connectivity index (χ2n) is 6.37. The monoisotopic (exact) mass is 426 g/mol.